The smallest absolute Gasteiger partial charge is 0.274 e. The van der Waals surface area contributed by atoms with Gasteiger partial charge < -0.3 is 4.90 Å². The monoisotopic (exact) mass is 337 g/mol. The molecule has 0 aliphatic carbocycles. The van der Waals surface area contributed by atoms with Crippen LogP contribution in [0.15, 0.2) is 41.3 Å². The van der Waals surface area contributed by atoms with Crippen LogP contribution in [0.2, 0.25) is 0 Å². The predicted molar refractivity (Wildman–Crippen MR) is 93.5 cm³/mol. The lowest BCUT2D eigenvalue weighted by Crippen LogP contribution is -2.40. The molecule has 0 unspecified atom stereocenters. The Kier molecular flexibility index (Phi) is 3.83. The molecule has 1 N–H and O–H groups in total. The molecule has 0 radical (unpaired) electrons. The Balaban J connectivity index is 1.70. The number of rotatable bonds is 2. The second kappa shape index (κ2) is 6.16. The van der Waals surface area contributed by atoms with Gasteiger partial charge in [0.2, 0.25) is 0 Å². The average Bonchev–Trinajstić information content (AvgIpc) is 3.19. The Labute approximate surface area is 144 Å². The molecule has 4 rings (SSSR count). The summed E-state index contributed by atoms with van der Waals surface area (Å²) in [5.41, 5.74) is 1.19. The molecule has 1 aromatic carbocycles. The number of aromatic nitrogens is 4. The van der Waals surface area contributed by atoms with Crippen molar-refractivity contribution < 1.29 is 4.79 Å². The minimum Gasteiger partial charge on any atom is -0.337 e. The second-order valence-electron chi connectivity index (χ2n) is 6.43. The van der Waals surface area contributed by atoms with E-state index in [-0.39, 0.29) is 17.4 Å². The molecule has 2 aromatic heterocycles. The van der Waals surface area contributed by atoms with Gasteiger partial charge in [-0.2, -0.15) is 10.2 Å². The van der Waals surface area contributed by atoms with Crippen molar-refractivity contribution in [3.05, 3.63) is 58.3 Å². The number of aryl methyl sites for hydroxylation is 1. The minimum absolute atomic E-state index is 0.129. The number of aromatic amines is 1. The standard InChI is InChI=1S/C18H19N5O2/c1-22-17(24)14-7-3-2-6-13(14)16(21-22)18(25)23-10-4-5-12(11-23)15-8-9-19-20-15/h2-3,6-9,12H,4-5,10-11H2,1H3,(H,19,20)/t12-/m0/s1. The summed E-state index contributed by atoms with van der Waals surface area (Å²) in [6.07, 6.45) is 3.69. The maximum absolute atomic E-state index is 13.1. The first-order valence-corrected chi connectivity index (χ1v) is 8.40. The number of fused-ring (bicyclic) bond motifs is 1. The number of H-pyrrole nitrogens is 1. The van der Waals surface area contributed by atoms with Crippen LogP contribution < -0.4 is 5.56 Å². The third-order valence-electron chi connectivity index (χ3n) is 4.83. The predicted octanol–water partition coefficient (Wildman–Crippen LogP) is 1.68. The summed E-state index contributed by atoms with van der Waals surface area (Å²) in [7, 11) is 1.58. The van der Waals surface area contributed by atoms with Crippen LogP contribution >= 0.6 is 0 Å². The van der Waals surface area contributed by atoms with E-state index in [2.05, 4.69) is 15.3 Å². The van der Waals surface area contributed by atoms with E-state index in [4.69, 9.17) is 0 Å². The third-order valence-corrected chi connectivity index (χ3v) is 4.83. The number of carbonyl (C=O) groups excluding carboxylic acids is 1. The van der Waals surface area contributed by atoms with Gasteiger partial charge >= 0.3 is 0 Å². The normalized spacial score (nSPS) is 17.8. The highest BCUT2D eigenvalue weighted by Crippen LogP contribution is 2.26. The number of benzene rings is 1. The van der Waals surface area contributed by atoms with Gasteiger partial charge in [0.15, 0.2) is 5.69 Å². The molecule has 0 spiro atoms. The molecule has 1 fully saturated rings. The van der Waals surface area contributed by atoms with E-state index in [0.717, 1.165) is 18.5 Å². The molecule has 0 bridgehead atoms. The first-order valence-electron chi connectivity index (χ1n) is 8.40. The van der Waals surface area contributed by atoms with Gasteiger partial charge in [-0.05, 0) is 25.0 Å². The van der Waals surface area contributed by atoms with Crippen molar-refractivity contribution in [2.24, 2.45) is 7.05 Å². The molecule has 1 atom stereocenters. The van der Waals surface area contributed by atoms with Gasteiger partial charge in [-0.15, -0.1) is 0 Å². The maximum atomic E-state index is 13.1. The molecule has 1 amide bonds. The molecule has 7 nitrogen and oxygen atoms in total. The average molecular weight is 337 g/mol. The molecule has 128 valence electrons. The summed E-state index contributed by atoms with van der Waals surface area (Å²) in [4.78, 5) is 27.2. The zero-order valence-corrected chi connectivity index (χ0v) is 14.0. The van der Waals surface area contributed by atoms with E-state index >= 15 is 0 Å². The fourth-order valence-electron chi connectivity index (χ4n) is 3.52. The maximum Gasteiger partial charge on any atom is 0.274 e. The molecule has 0 saturated carbocycles. The number of hydrogen-bond donors (Lipinski definition) is 1. The van der Waals surface area contributed by atoms with Crippen LogP contribution in [0.1, 0.15) is 34.9 Å². The lowest BCUT2D eigenvalue weighted by atomic mass is 9.94. The highest BCUT2D eigenvalue weighted by atomic mass is 16.2. The van der Waals surface area contributed by atoms with E-state index in [1.165, 1.54) is 4.68 Å². The van der Waals surface area contributed by atoms with E-state index in [1.807, 2.05) is 17.0 Å². The van der Waals surface area contributed by atoms with Gasteiger partial charge in [-0.25, -0.2) is 4.68 Å². The number of amides is 1. The summed E-state index contributed by atoms with van der Waals surface area (Å²) in [6.45, 7) is 1.32. The Morgan fingerprint density at radius 1 is 1.24 bits per heavy atom. The summed E-state index contributed by atoms with van der Waals surface area (Å²) in [5, 5.41) is 12.4. The van der Waals surface area contributed by atoms with Gasteiger partial charge in [0, 0.05) is 43.3 Å². The van der Waals surface area contributed by atoms with Gasteiger partial charge in [-0.1, -0.05) is 18.2 Å². The Hall–Kier alpha value is -2.96. The van der Waals surface area contributed by atoms with Gasteiger partial charge in [-0.3, -0.25) is 14.7 Å². The van der Waals surface area contributed by atoms with Crippen molar-refractivity contribution in [1.82, 2.24) is 24.9 Å². The molecular weight excluding hydrogens is 318 g/mol. The van der Waals surface area contributed by atoms with Crippen molar-refractivity contribution in [3.8, 4) is 0 Å². The summed E-state index contributed by atoms with van der Waals surface area (Å²) >= 11 is 0. The van der Waals surface area contributed by atoms with E-state index in [0.29, 0.717) is 29.6 Å². The molecular formula is C18H19N5O2. The summed E-state index contributed by atoms with van der Waals surface area (Å²) in [6, 6.07) is 9.10. The van der Waals surface area contributed by atoms with Gasteiger partial charge in [0.25, 0.3) is 11.5 Å². The van der Waals surface area contributed by atoms with Crippen LogP contribution in [-0.4, -0.2) is 43.9 Å². The highest BCUT2D eigenvalue weighted by Gasteiger charge is 2.28. The first kappa shape index (κ1) is 15.6. The molecule has 1 aliphatic heterocycles. The largest absolute Gasteiger partial charge is 0.337 e. The highest BCUT2D eigenvalue weighted by molar-refractivity contribution is 6.04. The van der Waals surface area contributed by atoms with Crippen molar-refractivity contribution in [2.75, 3.05) is 13.1 Å². The van der Waals surface area contributed by atoms with E-state index in [1.54, 1.807) is 31.4 Å². The second-order valence-corrected chi connectivity index (χ2v) is 6.43. The van der Waals surface area contributed by atoms with Crippen LogP contribution in [-0.2, 0) is 7.05 Å². The molecule has 1 aliphatic rings. The van der Waals surface area contributed by atoms with Crippen molar-refractivity contribution in [2.45, 2.75) is 18.8 Å². The van der Waals surface area contributed by atoms with E-state index < -0.39 is 0 Å². The van der Waals surface area contributed by atoms with Crippen molar-refractivity contribution in [3.63, 3.8) is 0 Å². The van der Waals surface area contributed by atoms with Crippen LogP contribution in [0.4, 0.5) is 0 Å². The summed E-state index contributed by atoms with van der Waals surface area (Å²) in [5.74, 6) is 0.120. The topological polar surface area (TPSA) is 83.9 Å². The quantitative estimate of drug-likeness (QED) is 0.771. The van der Waals surface area contributed by atoms with E-state index in [9.17, 15) is 9.59 Å². The minimum atomic E-state index is -0.193. The lowest BCUT2D eigenvalue weighted by Gasteiger charge is -2.32. The number of carbonyl (C=O) groups is 1. The van der Waals surface area contributed by atoms with Crippen LogP contribution in [0.25, 0.3) is 10.8 Å². The van der Waals surface area contributed by atoms with Crippen LogP contribution in [0.3, 0.4) is 0 Å². The number of likely N-dealkylation sites (tertiary alicyclic amines) is 1. The molecule has 7 heteroatoms. The fourth-order valence-corrected chi connectivity index (χ4v) is 3.52. The van der Waals surface area contributed by atoms with Crippen LogP contribution in [0.5, 0.6) is 0 Å². The Morgan fingerprint density at radius 3 is 2.80 bits per heavy atom. The SMILES string of the molecule is Cn1nc(C(=O)N2CCC[C@H](c3ccn[nH]3)C2)c2ccccc2c1=O. The number of piperidine rings is 1. The van der Waals surface area contributed by atoms with Crippen molar-refractivity contribution >= 4 is 16.7 Å². The van der Waals surface area contributed by atoms with Crippen LogP contribution in [0, 0.1) is 0 Å². The first-order chi connectivity index (χ1) is 12.1. The van der Waals surface area contributed by atoms with Gasteiger partial charge in [0.05, 0.1) is 5.39 Å². The fraction of sp³-hybridized carbons (Fsp3) is 0.333. The zero-order valence-electron chi connectivity index (χ0n) is 14.0. The molecule has 25 heavy (non-hydrogen) atoms. The summed E-state index contributed by atoms with van der Waals surface area (Å²) < 4.78 is 1.24. The number of hydrogen-bond acceptors (Lipinski definition) is 4. The molecule has 3 aromatic rings. The number of nitrogens with one attached hydrogen (secondary N) is 1. The Bertz CT molecular complexity index is 977. The molecule has 3 heterocycles. The van der Waals surface area contributed by atoms with Crippen molar-refractivity contribution in [1.29, 1.82) is 0 Å². The zero-order chi connectivity index (χ0) is 17.4. The Morgan fingerprint density at radius 2 is 2.04 bits per heavy atom. The third kappa shape index (κ3) is 2.71. The number of nitrogens with zero attached hydrogens (tertiary/aromatic N) is 4. The van der Waals surface area contributed by atoms with Gasteiger partial charge in [0.1, 0.15) is 0 Å². The lowest BCUT2D eigenvalue weighted by molar-refractivity contribution is 0.0699. The molecule has 1 saturated heterocycles.